The van der Waals surface area contributed by atoms with Crippen LogP contribution in [0.3, 0.4) is 0 Å². The fraction of sp³-hybridized carbons (Fsp3) is 0.688. The lowest BCUT2D eigenvalue weighted by Gasteiger charge is -2.47. The molecule has 4 unspecified atom stereocenters. The summed E-state index contributed by atoms with van der Waals surface area (Å²) in [6, 6.07) is 42.4. The van der Waals surface area contributed by atoms with Crippen molar-refractivity contribution in [2.45, 2.75) is 421 Å². The number of para-hydroxylation sites is 8. The molecule has 0 aromatic heterocycles. The van der Waals surface area contributed by atoms with E-state index in [0.29, 0.717) is 59.4 Å². The van der Waals surface area contributed by atoms with Crippen molar-refractivity contribution in [2.24, 2.45) is 0 Å². The summed E-state index contributed by atoms with van der Waals surface area (Å²) in [6.45, 7) is 0. The van der Waals surface area contributed by atoms with Gasteiger partial charge in [-0.15, -0.1) is 0 Å². The second-order valence-corrected chi connectivity index (χ2v) is 37.1. The van der Waals surface area contributed by atoms with E-state index in [1.54, 1.807) is 0 Å². The zero-order valence-corrected chi connectivity index (χ0v) is 72.2. The van der Waals surface area contributed by atoms with Gasteiger partial charge in [-0.05, 0) is 226 Å². The van der Waals surface area contributed by atoms with E-state index in [1.165, 1.54) is 257 Å². The van der Waals surface area contributed by atoms with Crippen molar-refractivity contribution in [3.05, 3.63) is 97.1 Å². The summed E-state index contributed by atoms with van der Waals surface area (Å²) in [5, 5.41) is 11.9. The number of nitrogens with one attached hydrogen (secondary N) is 4. The molecule has 654 valence electrons. The molecule has 10 aliphatic heterocycles. The van der Waals surface area contributed by atoms with Crippen molar-refractivity contribution < 1.29 is 31.6 Å². The molecule has 4 saturated carbocycles. The summed E-state index contributed by atoms with van der Waals surface area (Å²) in [6.07, 6.45) is 59.1. The minimum absolute atomic E-state index is 0. The molecule has 4 amide bonds. The number of piperidine rings is 4. The molecule has 18 rings (SSSR count). The maximum atomic E-state index is 13.0. The third-order valence-electron chi connectivity index (χ3n) is 28.8. The first-order chi connectivity index (χ1) is 56.2. The first-order valence-electron chi connectivity index (χ1n) is 45.4. The molecular weight excluding hydrogens is 1630 g/mol. The molecule has 4 aliphatic carbocycles. The van der Waals surface area contributed by atoms with Gasteiger partial charge in [-0.25, -0.2) is 0 Å². The van der Waals surface area contributed by atoms with Crippen molar-refractivity contribution in [3.8, 4) is 0 Å². The van der Waals surface area contributed by atoms with Crippen LogP contribution in [0, 0.1) is 0 Å². The van der Waals surface area contributed by atoms with Crippen LogP contribution in [0.1, 0.15) is 324 Å². The van der Waals surface area contributed by atoms with Crippen molar-refractivity contribution >= 4 is 126 Å². The molecule has 0 radical (unpaired) electrons. The average Bonchev–Trinajstić information content (AvgIpc) is 1.58. The second kappa shape index (κ2) is 47.3. The van der Waals surface area contributed by atoms with E-state index >= 15 is 0 Å². The highest BCUT2D eigenvalue weighted by Gasteiger charge is 2.50. The van der Waals surface area contributed by atoms with Crippen LogP contribution in [-0.2, 0) is 28.8 Å². The van der Waals surface area contributed by atoms with Gasteiger partial charge < -0.3 is 42.5 Å². The van der Waals surface area contributed by atoms with Gasteiger partial charge >= 0.3 is 0 Å². The minimum Gasteiger partial charge on any atom is -0.397 e. The number of nitrogens with zero attached hydrogens (tertiary/aromatic N) is 6. The van der Waals surface area contributed by atoms with Crippen LogP contribution in [0.2, 0.25) is 0 Å². The highest BCUT2D eigenvalue weighted by Crippen LogP contribution is 2.48. The lowest BCUT2D eigenvalue weighted by Crippen LogP contribution is -2.55. The van der Waals surface area contributed by atoms with E-state index in [2.05, 4.69) is 65.1 Å². The summed E-state index contributed by atoms with van der Waals surface area (Å²) >= 11 is 10.1. The largest absolute Gasteiger partial charge is 0.397 e. The zero-order valence-electron chi connectivity index (χ0n) is 68.5. The van der Waals surface area contributed by atoms with Crippen LogP contribution in [0.25, 0.3) is 0 Å². The predicted octanol–water partition coefficient (Wildman–Crippen LogP) is 22.6. The van der Waals surface area contributed by atoms with E-state index in [9.17, 15) is 31.6 Å². The van der Waals surface area contributed by atoms with Crippen molar-refractivity contribution in [1.29, 1.82) is 0 Å². The molecule has 8 N–H and O–H groups in total. The smallest absolute Gasteiger partial charge is 0.236 e. The number of carbonyl (C=O) groups is 6. The third kappa shape index (κ3) is 24.9. The van der Waals surface area contributed by atoms with Gasteiger partial charge in [-0.3, -0.25) is 48.4 Å². The SMILES string of the molecule is C.C.C.FI.Nc1ccccc1NC1C[C@H]2CC[C@@H](C1)N2C1CCCCCCC1.Nc1ccccc1NC1C[C@H]2CC[C@@H](C1)N2C1CCCCCCC1.O=C(Cl)CC(=O)Cl.O=C1CC(=O)N(C2C[C@H]3CC[C@@H](C2)N3C2CCCCCCC2)c2ccccc2N1.O=C1CC(=O)N(C2C[C@H]3CC[C@@H](C2)N3C2CCCCCCC2)c2ccccc2N1. The Morgan fingerprint density at radius 2 is 0.576 bits per heavy atom. The van der Waals surface area contributed by atoms with Gasteiger partial charge in [0.25, 0.3) is 0 Å². The predicted molar refractivity (Wildman–Crippen MR) is 496 cm³/mol. The van der Waals surface area contributed by atoms with E-state index in [0.717, 1.165) is 120 Å². The second-order valence-electron chi connectivity index (χ2n) is 36.3. The Bertz CT molecular complexity index is 3500. The first-order valence-corrected chi connectivity index (χ1v) is 47.0. The Hall–Kier alpha value is -5.62. The average molecular weight is 1780 g/mol. The number of fused-ring (bicyclic) bond motifs is 10. The normalized spacial score (nSPS) is 29.2. The van der Waals surface area contributed by atoms with Gasteiger partial charge in [0.15, 0.2) is 23.2 Å². The number of anilines is 8. The number of nitrogen functional groups attached to an aromatic ring is 2. The number of nitrogens with two attached hydrogens (primary N) is 2. The van der Waals surface area contributed by atoms with Gasteiger partial charge in [0.05, 0.1) is 51.9 Å². The van der Waals surface area contributed by atoms with E-state index in [1.807, 2.05) is 82.6 Å². The summed E-state index contributed by atoms with van der Waals surface area (Å²) in [5.74, 6) is -0.479. The van der Waals surface area contributed by atoms with Crippen LogP contribution in [0.15, 0.2) is 97.1 Å². The standard InChI is InChI=1S/2C24H33N3O2.2C21H33N3.C3H2Cl2O2.3CH4.FI/c2*28-23-16-24(29)27(22-11-7-6-10-21(22)25-23)20-14-18-12-13-19(15-20)26(18)17-8-4-2-1-3-5-9-17;2*22-20-10-6-7-11-21(20)23-16-14-18-12-13-19(15-16)24(18)17-8-4-2-1-3-5-9-17;4-2(6)1-3(5)7;;;;1-2/h2*6-7,10-11,17-20H,1-5,8-9,12-16H2,(H,25,28);2*6-7,10-11,16-19,23H,1-5,8-9,12-15,22H2;1H2;3*1H4;/t2*18-,19+,20?;2*16?,18-,19+;;;;;. The summed E-state index contributed by atoms with van der Waals surface area (Å²) in [7, 11) is 0. The molecule has 10 heterocycles. The monoisotopic (exact) mass is 1780 g/mol. The van der Waals surface area contributed by atoms with Crippen LogP contribution >= 0.6 is 46.4 Å². The first kappa shape index (κ1) is 94.6. The van der Waals surface area contributed by atoms with Crippen LogP contribution in [0.4, 0.5) is 48.4 Å². The molecule has 14 aliphatic rings. The molecule has 12 fully saturated rings. The molecule has 12 atom stereocenters. The van der Waals surface area contributed by atoms with Gasteiger partial charge in [-0.2, -0.15) is 2.86 Å². The number of halogens is 4. The molecule has 118 heavy (non-hydrogen) atoms. The maximum absolute atomic E-state index is 13.0. The molecule has 4 aromatic rings. The maximum Gasteiger partial charge on any atom is 0.236 e. The van der Waals surface area contributed by atoms with Crippen molar-refractivity contribution in [1.82, 2.24) is 19.6 Å². The number of hydrogen-bond donors (Lipinski definition) is 6. The quantitative estimate of drug-likeness (QED) is 0.0336. The molecule has 18 nitrogen and oxygen atoms in total. The van der Waals surface area contributed by atoms with Gasteiger partial charge in [0.1, 0.15) is 12.8 Å². The molecule has 0 spiro atoms. The Morgan fingerprint density at radius 3 is 0.831 bits per heavy atom. The number of hydrogen-bond acceptors (Lipinski definition) is 14. The van der Waals surface area contributed by atoms with Crippen LogP contribution < -0.4 is 42.5 Å². The third-order valence-corrected chi connectivity index (χ3v) is 29.0. The minimum atomic E-state index is -0.722. The molecule has 8 saturated heterocycles. The topological polar surface area (TPSA) is 222 Å². The van der Waals surface area contributed by atoms with Gasteiger partial charge in [-0.1, -0.05) is 199 Å². The molecular formula is C96H146Cl2FIN12O6. The zero-order chi connectivity index (χ0) is 80.2. The number of rotatable bonds is 12. The Kier molecular flexibility index (Phi) is 37.9. The Morgan fingerprint density at radius 1 is 0.339 bits per heavy atom. The summed E-state index contributed by atoms with van der Waals surface area (Å²) in [4.78, 5) is 85.4. The fourth-order valence-electron chi connectivity index (χ4n) is 24.1. The van der Waals surface area contributed by atoms with Gasteiger partial charge in [0.2, 0.25) is 34.1 Å². The Balaban J connectivity index is 0.000000159. The molecule has 4 aromatic carbocycles. The highest BCUT2D eigenvalue weighted by atomic mass is 127. The van der Waals surface area contributed by atoms with E-state index in [4.69, 9.17) is 34.7 Å². The van der Waals surface area contributed by atoms with Crippen molar-refractivity contribution in [2.75, 3.05) is 42.5 Å². The van der Waals surface area contributed by atoms with Crippen LogP contribution in [-0.4, -0.2) is 150 Å². The Labute approximate surface area is 732 Å². The number of carbonyl (C=O) groups excluding carboxylic acids is 6. The number of amides is 4. The number of benzene rings is 4. The lowest BCUT2D eigenvalue weighted by atomic mass is 9.89. The van der Waals surface area contributed by atoms with Crippen LogP contribution in [0.5, 0.6) is 0 Å². The summed E-state index contributed by atoms with van der Waals surface area (Å²) in [5.41, 5.74) is 19.6. The van der Waals surface area contributed by atoms with E-state index < -0.39 is 10.5 Å². The summed E-state index contributed by atoms with van der Waals surface area (Å²) < 4.78 is 9.47. The van der Waals surface area contributed by atoms with Crippen molar-refractivity contribution in [3.63, 3.8) is 0 Å². The lowest BCUT2D eigenvalue weighted by molar-refractivity contribution is -0.127. The van der Waals surface area contributed by atoms with E-state index in [-0.39, 0.29) is 77.3 Å². The van der Waals surface area contributed by atoms with Gasteiger partial charge in [0, 0.05) is 96.7 Å². The highest BCUT2D eigenvalue weighted by molar-refractivity contribution is 14.1. The molecule has 8 bridgehead atoms. The molecule has 22 heteroatoms. The fourth-order valence-corrected chi connectivity index (χ4v) is 24.4.